The lowest BCUT2D eigenvalue weighted by Crippen LogP contribution is -2.09. The van der Waals surface area contributed by atoms with E-state index in [0.717, 1.165) is 4.47 Å². The van der Waals surface area contributed by atoms with Crippen LogP contribution < -0.4 is 0 Å². The summed E-state index contributed by atoms with van der Waals surface area (Å²) < 4.78 is 5.71. The van der Waals surface area contributed by atoms with Gasteiger partial charge in [-0.2, -0.15) is 5.11 Å². The van der Waals surface area contributed by atoms with E-state index >= 15 is 0 Å². The van der Waals surface area contributed by atoms with E-state index in [1.54, 1.807) is 31.2 Å². The maximum Gasteiger partial charge on any atom is 0.362 e. The molecule has 0 amide bonds. The van der Waals surface area contributed by atoms with Gasteiger partial charge in [-0.25, -0.2) is 4.79 Å². The molecule has 19 heavy (non-hydrogen) atoms. The monoisotopic (exact) mass is 390 g/mol. The lowest BCUT2D eigenvalue weighted by Gasteiger charge is -2.03. The van der Waals surface area contributed by atoms with Crippen molar-refractivity contribution in [2.45, 2.75) is 6.92 Å². The van der Waals surface area contributed by atoms with Gasteiger partial charge in [0.1, 0.15) is 5.76 Å². The fraction of sp³-hybridized carbons (Fsp3) is 0.250. The number of nitrogens with zero attached hydrogens (tertiary/aromatic N) is 2. The number of benzene rings is 1. The number of esters is 1. The number of hydrogen-bond donors (Lipinski definition) is 1. The summed E-state index contributed by atoms with van der Waals surface area (Å²) in [5.74, 6) is -0.931. The quantitative estimate of drug-likeness (QED) is 0.268. The first-order chi connectivity index (χ1) is 9.08. The Balaban J connectivity index is 2.95. The maximum atomic E-state index is 11.6. The standard InChI is InChI=1S/C12H12Br2N2O3/c1-2-19-12(18)11(10(17)7-13)16-15-9-5-3-8(14)4-6-9/h3-6,17H,2,7H2,1H3/b11-10-,16-15?. The Morgan fingerprint density at radius 1 is 1.37 bits per heavy atom. The van der Waals surface area contributed by atoms with Gasteiger partial charge in [0.05, 0.1) is 17.6 Å². The van der Waals surface area contributed by atoms with Crippen molar-refractivity contribution in [2.75, 3.05) is 11.9 Å². The second-order valence-corrected chi connectivity index (χ2v) is 4.80. The predicted molar refractivity (Wildman–Crippen MR) is 78.7 cm³/mol. The highest BCUT2D eigenvalue weighted by Crippen LogP contribution is 2.19. The molecule has 0 spiro atoms. The molecule has 102 valence electrons. The van der Waals surface area contributed by atoms with E-state index < -0.39 is 5.97 Å². The van der Waals surface area contributed by atoms with Gasteiger partial charge in [-0.3, -0.25) is 0 Å². The van der Waals surface area contributed by atoms with Crippen molar-refractivity contribution >= 4 is 43.5 Å². The van der Waals surface area contributed by atoms with Gasteiger partial charge >= 0.3 is 5.97 Å². The summed E-state index contributed by atoms with van der Waals surface area (Å²) in [6.07, 6.45) is 0. The van der Waals surface area contributed by atoms with Crippen molar-refractivity contribution in [3.8, 4) is 0 Å². The second kappa shape index (κ2) is 8.06. The minimum atomic E-state index is -0.708. The van der Waals surface area contributed by atoms with E-state index in [2.05, 4.69) is 42.1 Å². The molecule has 0 bridgehead atoms. The Bertz CT molecular complexity index is 498. The van der Waals surface area contributed by atoms with Gasteiger partial charge in [0.25, 0.3) is 0 Å². The van der Waals surface area contributed by atoms with Crippen LogP contribution in [-0.4, -0.2) is 23.0 Å². The number of allylic oxidation sites excluding steroid dienone is 1. The number of halogens is 2. The van der Waals surface area contributed by atoms with Crippen LogP contribution in [0, 0.1) is 0 Å². The smallest absolute Gasteiger partial charge is 0.362 e. The normalized spacial score (nSPS) is 12.4. The Morgan fingerprint density at radius 2 is 2.00 bits per heavy atom. The molecule has 0 heterocycles. The molecule has 0 atom stereocenters. The predicted octanol–water partition coefficient (Wildman–Crippen LogP) is 4.26. The fourth-order valence-corrected chi connectivity index (χ4v) is 1.62. The Morgan fingerprint density at radius 3 is 2.53 bits per heavy atom. The zero-order valence-corrected chi connectivity index (χ0v) is 13.3. The third kappa shape index (κ3) is 5.12. The molecule has 1 N–H and O–H groups in total. The van der Waals surface area contributed by atoms with Crippen molar-refractivity contribution in [3.05, 3.63) is 40.2 Å². The lowest BCUT2D eigenvalue weighted by molar-refractivity contribution is -0.138. The van der Waals surface area contributed by atoms with Crippen LogP contribution >= 0.6 is 31.9 Å². The SMILES string of the molecule is CCOC(=O)/C(N=Nc1ccc(Br)cc1)=C(/O)CBr. The van der Waals surface area contributed by atoms with Crippen LogP contribution in [0.5, 0.6) is 0 Å². The van der Waals surface area contributed by atoms with Crippen LogP contribution in [0.1, 0.15) is 6.92 Å². The molecule has 0 aliphatic rings. The van der Waals surface area contributed by atoms with Crippen LogP contribution in [0.3, 0.4) is 0 Å². The van der Waals surface area contributed by atoms with E-state index in [-0.39, 0.29) is 23.4 Å². The third-order valence-corrected chi connectivity index (χ3v) is 3.02. The van der Waals surface area contributed by atoms with Crippen molar-refractivity contribution < 1.29 is 14.6 Å². The molecular formula is C12H12Br2N2O3. The number of rotatable bonds is 5. The maximum absolute atomic E-state index is 11.6. The van der Waals surface area contributed by atoms with Gasteiger partial charge in [0.15, 0.2) is 0 Å². The number of alkyl halides is 1. The summed E-state index contributed by atoms with van der Waals surface area (Å²) in [6.45, 7) is 1.87. The van der Waals surface area contributed by atoms with Crippen molar-refractivity contribution in [3.63, 3.8) is 0 Å². The van der Waals surface area contributed by atoms with Gasteiger partial charge in [-0.1, -0.05) is 31.9 Å². The molecule has 0 aromatic heterocycles. The molecule has 0 unspecified atom stereocenters. The molecule has 0 radical (unpaired) electrons. The van der Waals surface area contributed by atoms with Gasteiger partial charge in [-0.15, -0.1) is 5.11 Å². The molecule has 0 fully saturated rings. The number of ether oxygens (including phenoxy) is 1. The number of carbonyl (C=O) groups excluding carboxylic acids is 1. The second-order valence-electron chi connectivity index (χ2n) is 3.33. The highest BCUT2D eigenvalue weighted by atomic mass is 79.9. The fourth-order valence-electron chi connectivity index (χ4n) is 1.09. The van der Waals surface area contributed by atoms with E-state index in [4.69, 9.17) is 4.74 Å². The zero-order chi connectivity index (χ0) is 14.3. The molecule has 1 rings (SSSR count). The van der Waals surface area contributed by atoms with Gasteiger partial charge in [-0.05, 0) is 31.2 Å². The molecule has 7 heteroatoms. The summed E-state index contributed by atoms with van der Waals surface area (Å²) in [6, 6.07) is 7.04. The Labute approximate surface area is 127 Å². The Hall–Kier alpha value is -1.21. The molecule has 5 nitrogen and oxygen atoms in total. The largest absolute Gasteiger partial charge is 0.509 e. The number of carbonyl (C=O) groups is 1. The summed E-state index contributed by atoms with van der Waals surface area (Å²) in [5, 5.41) is 17.3. The molecular weight excluding hydrogens is 380 g/mol. The van der Waals surface area contributed by atoms with E-state index in [1.807, 2.05) is 0 Å². The number of aliphatic hydroxyl groups is 1. The zero-order valence-electron chi connectivity index (χ0n) is 10.1. The first-order valence-corrected chi connectivity index (χ1v) is 7.32. The molecule has 0 aliphatic carbocycles. The summed E-state index contributed by atoms with van der Waals surface area (Å²) in [7, 11) is 0. The average molecular weight is 392 g/mol. The number of azo groups is 1. The van der Waals surface area contributed by atoms with Crippen molar-refractivity contribution in [1.29, 1.82) is 0 Å². The van der Waals surface area contributed by atoms with Gasteiger partial charge in [0, 0.05) is 4.47 Å². The van der Waals surface area contributed by atoms with E-state index in [9.17, 15) is 9.90 Å². The topological polar surface area (TPSA) is 71.2 Å². The first-order valence-electron chi connectivity index (χ1n) is 5.41. The average Bonchev–Trinajstić information content (AvgIpc) is 2.41. The third-order valence-electron chi connectivity index (χ3n) is 1.96. The van der Waals surface area contributed by atoms with Gasteiger partial charge < -0.3 is 9.84 Å². The summed E-state index contributed by atoms with van der Waals surface area (Å²) in [4.78, 5) is 11.6. The lowest BCUT2D eigenvalue weighted by atomic mass is 10.3. The first kappa shape index (κ1) is 15.8. The van der Waals surface area contributed by atoms with Crippen LogP contribution in [0.4, 0.5) is 5.69 Å². The van der Waals surface area contributed by atoms with E-state index in [1.165, 1.54) is 0 Å². The van der Waals surface area contributed by atoms with Crippen molar-refractivity contribution in [2.24, 2.45) is 10.2 Å². The molecule has 1 aromatic carbocycles. The van der Waals surface area contributed by atoms with Crippen LogP contribution in [0.15, 0.2) is 50.4 Å². The Kier molecular flexibility index (Phi) is 6.72. The summed E-state index contributed by atoms with van der Waals surface area (Å²) in [5.41, 5.74) is 0.356. The molecule has 0 saturated heterocycles. The van der Waals surface area contributed by atoms with Crippen LogP contribution in [0.2, 0.25) is 0 Å². The van der Waals surface area contributed by atoms with Crippen LogP contribution in [-0.2, 0) is 9.53 Å². The minimum Gasteiger partial charge on any atom is -0.509 e. The molecule has 1 aromatic rings. The van der Waals surface area contributed by atoms with Crippen molar-refractivity contribution in [1.82, 2.24) is 0 Å². The van der Waals surface area contributed by atoms with Gasteiger partial charge in [0.2, 0.25) is 5.70 Å². The highest BCUT2D eigenvalue weighted by molar-refractivity contribution is 9.10. The number of hydrogen-bond acceptors (Lipinski definition) is 5. The molecule has 0 saturated carbocycles. The van der Waals surface area contributed by atoms with E-state index in [0.29, 0.717) is 5.69 Å². The minimum absolute atomic E-state index is 0.0977. The molecule has 0 aliphatic heterocycles. The summed E-state index contributed by atoms with van der Waals surface area (Å²) >= 11 is 6.35. The van der Waals surface area contributed by atoms with Crippen LogP contribution in [0.25, 0.3) is 0 Å². The number of aliphatic hydroxyl groups excluding tert-OH is 1. The highest BCUT2D eigenvalue weighted by Gasteiger charge is 2.15.